The van der Waals surface area contributed by atoms with E-state index in [4.69, 9.17) is 9.47 Å². The Morgan fingerprint density at radius 2 is 2.26 bits per heavy atom. The Kier molecular flexibility index (Phi) is 5.75. The zero-order valence-corrected chi connectivity index (χ0v) is 14.6. The molecule has 2 rings (SSSR count). The van der Waals surface area contributed by atoms with Crippen LogP contribution in [0.15, 0.2) is 34.0 Å². The molecule has 0 fully saturated rings. The summed E-state index contributed by atoms with van der Waals surface area (Å²) in [5.74, 6) is 0.914. The molecule has 0 saturated carbocycles. The summed E-state index contributed by atoms with van der Waals surface area (Å²) in [6, 6.07) is 5.40. The van der Waals surface area contributed by atoms with Crippen molar-refractivity contribution in [2.75, 3.05) is 13.7 Å². The van der Waals surface area contributed by atoms with Crippen LogP contribution >= 0.6 is 15.9 Å². The van der Waals surface area contributed by atoms with Crippen LogP contribution in [0.3, 0.4) is 0 Å². The van der Waals surface area contributed by atoms with Crippen LogP contribution in [0.5, 0.6) is 11.5 Å². The van der Waals surface area contributed by atoms with E-state index in [9.17, 15) is 4.79 Å². The number of benzene rings is 1. The van der Waals surface area contributed by atoms with Gasteiger partial charge in [0.2, 0.25) is 0 Å². The van der Waals surface area contributed by atoms with Crippen LogP contribution in [-0.4, -0.2) is 35.6 Å². The minimum Gasteiger partial charge on any atom is -0.493 e. The second-order valence-electron chi connectivity index (χ2n) is 4.51. The van der Waals surface area contributed by atoms with E-state index in [1.54, 1.807) is 32.5 Å². The lowest BCUT2D eigenvalue weighted by atomic mass is 10.2. The highest BCUT2D eigenvalue weighted by Gasteiger charge is 2.14. The fourth-order valence-electron chi connectivity index (χ4n) is 1.92. The highest BCUT2D eigenvalue weighted by molar-refractivity contribution is 9.10. The van der Waals surface area contributed by atoms with Gasteiger partial charge in [0.15, 0.2) is 11.5 Å². The minimum absolute atomic E-state index is 0.356. The largest absolute Gasteiger partial charge is 0.493 e. The second-order valence-corrected chi connectivity index (χ2v) is 5.36. The normalized spacial score (nSPS) is 10.8. The molecule has 0 bridgehead atoms. The third-order valence-corrected chi connectivity index (χ3v) is 3.56. The first-order chi connectivity index (χ1) is 11.1. The van der Waals surface area contributed by atoms with Crippen molar-refractivity contribution in [3.05, 3.63) is 40.1 Å². The third kappa shape index (κ3) is 4.10. The lowest BCUT2D eigenvalue weighted by Gasteiger charge is -2.09. The zero-order chi connectivity index (χ0) is 16.8. The first-order valence-electron chi connectivity index (χ1n) is 6.88. The Bertz CT molecular complexity index is 708. The molecule has 0 aliphatic rings. The number of halogens is 1. The summed E-state index contributed by atoms with van der Waals surface area (Å²) in [5, 5.41) is 7.93. The van der Waals surface area contributed by atoms with Crippen molar-refractivity contribution < 1.29 is 14.3 Å². The molecule has 0 aliphatic heterocycles. The van der Waals surface area contributed by atoms with Gasteiger partial charge in [-0.15, -0.1) is 0 Å². The van der Waals surface area contributed by atoms with Crippen molar-refractivity contribution in [1.29, 1.82) is 0 Å². The first kappa shape index (κ1) is 17.0. The van der Waals surface area contributed by atoms with Gasteiger partial charge in [-0.25, -0.2) is 5.43 Å². The SMILES string of the molecule is CCOc1ccc(/C=N/NC(=O)c2c(Br)cnn2C)cc1OC. The Morgan fingerprint density at radius 3 is 2.87 bits per heavy atom. The van der Waals surface area contributed by atoms with Crippen molar-refractivity contribution >= 4 is 28.1 Å². The number of hydrazone groups is 1. The van der Waals surface area contributed by atoms with E-state index >= 15 is 0 Å². The van der Waals surface area contributed by atoms with Gasteiger partial charge >= 0.3 is 0 Å². The maximum Gasteiger partial charge on any atom is 0.290 e. The predicted molar refractivity (Wildman–Crippen MR) is 90.1 cm³/mol. The molecule has 0 spiro atoms. The van der Waals surface area contributed by atoms with Gasteiger partial charge in [0.25, 0.3) is 5.91 Å². The summed E-state index contributed by atoms with van der Waals surface area (Å²) in [4.78, 5) is 12.0. The fourth-order valence-corrected chi connectivity index (χ4v) is 2.45. The monoisotopic (exact) mass is 380 g/mol. The highest BCUT2D eigenvalue weighted by atomic mass is 79.9. The molecule has 0 atom stereocenters. The molecule has 1 aromatic carbocycles. The number of aryl methyl sites for hydroxylation is 1. The number of ether oxygens (including phenoxy) is 2. The summed E-state index contributed by atoms with van der Waals surface area (Å²) >= 11 is 3.27. The van der Waals surface area contributed by atoms with Crippen LogP contribution in [0.25, 0.3) is 0 Å². The summed E-state index contributed by atoms with van der Waals surface area (Å²) in [7, 11) is 3.25. The van der Waals surface area contributed by atoms with E-state index < -0.39 is 0 Å². The molecule has 0 saturated heterocycles. The van der Waals surface area contributed by atoms with Crippen LogP contribution in [0, 0.1) is 0 Å². The Labute approximate surface area is 142 Å². The standard InChI is InChI=1S/C15H17BrN4O3/c1-4-23-12-6-5-10(7-13(12)22-3)8-17-19-15(21)14-11(16)9-18-20(14)2/h5-9H,4H2,1-3H3,(H,19,21)/b17-8+. The number of amides is 1. The maximum atomic E-state index is 12.0. The predicted octanol–water partition coefficient (Wildman–Crippen LogP) is 2.35. The highest BCUT2D eigenvalue weighted by Crippen LogP contribution is 2.27. The number of hydrogen-bond donors (Lipinski definition) is 1. The van der Waals surface area contributed by atoms with E-state index in [0.717, 1.165) is 5.56 Å². The van der Waals surface area contributed by atoms with Crippen LogP contribution in [0.4, 0.5) is 0 Å². The molecular weight excluding hydrogens is 364 g/mol. The fraction of sp³-hybridized carbons (Fsp3) is 0.267. The quantitative estimate of drug-likeness (QED) is 0.616. The lowest BCUT2D eigenvalue weighted by Crippen LogP contribution is -2.21. The molecule has 0 unspecified atom stereocenters. The lowest BCUT2D eigenvalue weighted by molar-refractivity contribution is 0.0945. The van der Waals surface area contributed by atoms with Crippen molar-refractivity contribution in [1.82, 2.24) is 15.2 Å². The second kappa shape index (κ2) is 7.77. The molecule has 7 nitrogen and oxygen atoms in total. The van der Waals surface area contributed by atoms with E-state index in [1.807, 2.05) is 13.0 Å². The van der Waals surface area contributed by atoms with Crippen LogP contribution < -0.4 is 14.9 Å². The smallest absolute Gasteiger partial charge is 0.290 e. The Morgan fingerprint density at radius 1 is 1.48 bits per heavy atom. The molecule has 1 amide bonds. The van der Waals surface area contributed by atoms with Gasteiger partial charge in [0, 0.05) is 7.05 Å². The third-order valence-electron chi connectivity index (χ3n) is 2.98. The number of carbonyl (C=O) groups is 1. The number of carbonyl (C=O) groups excluding carboxylic acids is 1. The average Bonchev–Trinajstić information content (AvgIpc) is 2.87. The Balaban J connectivity index is 2.07. The molecule has 1 aromatic heterocycles. The maximum absolute atomic E-state index is 12.0. The molecule has 122 valence electrons. The molecule has 0 radical (unpaired) electrons. The van der Waals surface area contributed by atoms with Gasteiger partial charge in [-0.2, -0.15) is 10.2 Å². The van der Waals surface area contributed by atoms with E-state index in [-0.39, 0.29) is 5.91 Å². The van der Waals surface area contributed by atoms with Crippen LogP contribution in [-0.2, 0) is 7.05 Å². The molecule has 0 aliphatic carbocycles. The molecule has 2 aromatic rings. The van der Waals surface area contributed by atoms with E-state index in [0.29, 0.717) is 28.3 Å². The van der Waals surface area contributed by atoms with Crippen molar-refractivity contribution in [3.8, 4) is 11.5 Å². The molecule has 1 heterocycles. The first-order valence-corrected chi connectivity index (χ1v) is 7.67. The Hall–Kier alpha value is -2.35. The van der Waals surface area contributed by atoms with Crippen molar-refractivity contribution in [2.45, 2.75) is 6.92 Å². The molecule has 1 N–H and O–H groups in total. The summed E-state index contributed by atoms with van der Waals surface area (Å²) in [6.45, 7) is 2.46. The molecule has 23 heavy (non-hydrogen) atoms. The average molecular weight is 381 g/mol. The van der Waals surface area contributed by atoms with Gasteiger partial charge in [0.1, 0.15) is 5.69 Å². The van der Waals surface area contributed by atoms with Crippen LogP contribution in [0.2, 0.25) is 0 Å². The summed E-state index contributed by atoms with van der Waals surface area (Å²) in [6.07, 6.45) is 3.08. The number of hydrogen-bond acceptors (Lipinski definition) is 5. The van der Waals surface area contributed by atoms with Gasteiger partial charge in [0.05, 0.1) is 30.6 Å². The molecular formula is C15H17BrN4O3. The van der Waals surface area contributed by atoms with Gasteiger partial charge < -0.3 is 9.47 Å². The minimum atomic E-state index is -0.356. The number of nitrogens with one attached hydrogen (secondary N) is 1. The van der Waals surface area contributed by atoms with Crippen LogP contribution in [0.1, 0.15) is 23.0 Å². The topological polar surface area (TPSA) is 77.7 Å². The summed E-state index contributed by atoms with van der Waals surface area (Å²) < 4.78 is 12.8. The molecule has 8 heteroatoms. The van der Waals surface area contributed by atoms with E-state index in [1.165, 1.54) is 10.9 Å². The number of methoxy groups -OCH3 is 1. The van der Waals surface area contributed by atoms with Crippen molar-refractivity contribution in [3.63, 3.8) is 0 Å². The summed E-state index contributed by atoms with van der Waals surface area (Å²) in [5.41, 5.74) is 3.63. The van der Waals surface area contributed by atoms with Gasteiger partial charge in [-0.1, -0.05) is 0 Å². The van der Waals surface area contributed by atoms with E-state index in [2.05, 4.69) is 31.6 Å². The van der Waals surface area contributed by atoms with Crippen molar-refractivity contribution in [2.24, 2.45) is 12.1 Å². The van der Waals surface area contributed by atoms with Gasteiger partial charge in [-0.3, -0.25) is 9.48 Å². The zero-order valence-electron chi connectivity index (χ0n) is 13.0. The number of rotatable bonds is 6. The number of aromatic nitrogens is 2. The van der Waals surface area contributed by atoms with Gasteiger partial charge in [-0.05, 0) is 46.6 Å². The number of nitrogens with zero attached hydrogens (tertiary/aromatic N) is 3.